The zero-order chi connectivity index (χ0) is 17.6. The maximum Gasteiger partial charge on any atom is 0.167 e. The maximum atomic E-state index is 10.4. The van der Waals surface area contributed by atoms with Crippen molar-refractivity contribution in [2.45, 2.75) is 55.3 Å². The normalized spacial score (nSPS) is 35.6. The number of nitrogens with zero attached hydrogens (tertiary/aromatic N) is 4. The van der Waals surface area contributed by atoms with Crippen LogP contribution in [0.15, 0.2) is 12.7 Å². The number of aliphatic hydroxyl groups excluding tert-OH is 2. The van der Waals surface area contributed by atoms with E-state index in [0.717, 1.165) is 19.3 Å². The predicted molar refractivity (Wildman–Crippen MR) is 88.9 cm³/mol. The first-order valence-corrected chi connectivity index (χ1v) is 8.70. The molecule has 0 bridgehead atoms. The lowest BCUT2D eigenvalue weighted by Crippen LogP contribution is -2.35. The zero-order valence-electron chi connectivity index (χ0n) is 13.4. The first kappa shape index (κ1) is 16.9. The summed E-state index contributed by atoms with van der Waals surface area (Å²) in [5, 5.41) is 20.7. The van der Waals surface area contributed by atoms with Gasteiger partial charge < -0.3 is 25.4 Å². The fourth-order valence-corrected chi connectivity index (χ4v) is 3.79. The van der Waals surface area contributed by atoms with Gasteiger partial charge in [-0.3, -0.25) is 4.57 Å². The Kier molecular flexibility index (Phi) is 4.50. The van der Waals surface area contributed by atoms with Gasteiger partial charge in [-0.25, -0.2) is 15.0 Å². The smallest absolute Gasteiger partial charge is 0.167 e. The minimum atomic E-state index is -1.14. The Bertz CT molecular complexity index is 759. The molecule has 3 heterocycles. The first-order valence-electron chi connectivity index (χ1n) is 8.26. The average Bonchev–Trinajstić information content (AvgIpc) is 3.27. The number of fused-ring (bicyclic) bond motifs is 1. The molecule has 2 aromatic heterocycles. The number of nitrogen functional groups attached to an aromatic ring is 1. The molecule has 2 aliphatic rings. The van der Waals surface area contributed by atoms with E-state index in [0.29, 0.717) is 11.2 Å². The van der Waals surface area contributed by atoms with Crippen molar-refractivity contribution in [1.82, 2.24) is 19.5 Å². The van der Waals surface area contributed by atoms with Gasteiger partial charge >= 0.3 is 0 Å². The molecule has 6 atom stereocenters. The molecule has 2 aromatic rings. The lowest BCUT2D eigenvalue weighted by atomic mass is 10.1. The number of anilines is 1. The van der Waals surface area contributed by atoms with Gasteiger partial charge in [-0.15, -0.1) is 11.6 Å². The number of hydrogen-bond donors (Lipinski definition) is 3. The summed E-state index contributed by atoms with van der Waals surface area (Å²) in [6.07, 6.45) is 1.85. The summed E-state index contributed by atoms with van der Waals surface area (Å²) in [6.45, 7) is 0.159. The number of rotatable bonds is 4. The van der Waals surface area contributed by atoms with E-state index in [1.807, 2.05) is 0 Å². The number of aromatic nitrogens is 4. The number of alkyl halides is 1. The van der Waals surface area contributed by atoms with Crippen LogP contribution in [-0.2, 0) is 9.47 Å². The van der Waals surface area contributed by atoms with Crippen LogP contribution in [0.5, 0.6) is 0 Å². The van der Waals surface area contributed by atoms with Crippen molar-refractivity contribution in [3.05, 3.63) is 12.7 Å². The molecule has 10 heteroatoms. The minimum Gasteiger partial charge on any atom is -0.387 e. The Hall–Kier alpha value is -1.52. The number of halogens is 1. The monoisotopic (exact) mass is 369 g/mol. The Balaban J connectivity index is 1.50. The molecule has 2 unspecified atom stereocenters. The Morgan fingerprint density at radius 1 is 1.28 bits per heavy atom. The highest BCUT2D eigenvalue weighted by Crippen LogP contribution is 2.33. The molecule has 1 saturated carbocycles. The van der Waals surface area contributed by atoms with Crippen LogP contribution in [-0.4, -0.2) is 66.1 Å². The third kappa shape index (κ3) is 2.96. The van der Waals surface area contributed by atoms with Gasteiger partial charge in [-0.2, -0.15) is 0 Å². The second-order valence-electron chi connectivity index (χ2n) is 6.45. The van der Waals surface area contributed by atoms with Crippen molar-refractivity contribution in [2.75, 3.05) is 12.3 Å². The third-order valence-electron chi connectivity index (χ3n) is 4.84. The molecule has 0 amide bonds. The average molecular weight is 370 g/mol. The van der Waals surface area contributed by atoms with Crippen molar-refractivity contribution >= 4 is 28.6 Å². The highest BCUT2D eigenvalue weighted by atomic mass is 35.5. The van der Waals surface area contributed by atoms with Crippen LogP contribution >= 0.6 is 11.6 Å². The molecule has 0 aromatic carbocycles. The third-order valence-corrected chi connectivity index (χ3v) is 5.34. The van der Waals surface area contributed by atoms with Gasteiger partial charge in [0.15, 0.2) is 17.7 Å². The van der Waals surface area contributed by atoms with E-state index in [1.165, 1.54) is 12.7 Å². The first-order chi connectivity index (χ1) is 12.1. The second-order valence-corrected chi connectivity index (χ2v) is 7.01. The Morgan fingerprint density at radius 2 is 2.12 bits per heavy atom. The minimum absolute atomic E-state index is 0.0171. The lowest BCUT2D eigenvalue weighted by Gasteiger charge is -2.20. The highest BCUT2D eigenvalue weighted by Gasteiger charge is 2.45. The number of nitrogens with two attached hydrogens (primary N) is 1. The summed E-state index contributed by atoms with van der Waals surface area (Å²) in [6, 6.07) is 0. The van der Waals surface area contributed by atoms with E-state index in [2.05, 4.69) is 15.0 Å². The van der Waals surface area contributed by atoms with Crippen molar-refractivity contribution in [2.24, 2.45) is 0 Å². The maximum absolute atomic E-state index is 10.4. The van der Waals surface area contributed by atoms with Crippen LogP contribution in [0.4, 0.5) is 5.82 Å². The Morgan fingerprint density at radius 3 is 2.88 bits per heavy atom. The predicted octanol–water partition coefficient (Wildman–Crippen LogP) is 0.204. The van der Waals surface area contributed by atoms with Crippen LogP contribution in [0.2, 0.25) is 0 Å². The fraction of sp³-hybridized carbons (Fsp3) is 0.667. The van der Waals surface area contributed by atoms with Gasteiger partial charge in [0.1, 0.15) is 30.2 Å². The molecule has 2 fully saturated rings. The van der Waals surface area contributed by atoms with E-state index in [-0.39, 0.29) is 23.9 Å². The number of aliphatic hydroxyl groups is 2. The van der Waals surface area contributed by atoms with Crippen LogP contribution in [0, 0.1) is 0 Å². The summed E-state index contributed by atoms with van der Waals surface area (Å²) < 4.78 is 13.2. The highest BCUT2D eigenvalue weighted by molar-refractivity contribution is 6.21. The molecule has 9 nitrogen and oxygen atoms in total. The zero-order valence-corrected chi connectivity index (χ0v) is 14.2. The van der Waals surface area contributed by atoms with Gasteiger partial charge in [0.2, 0.25) is 0 Å². The summed E-state index contributed by atoms with van der Waals surface area (Å²) in [4.78, 5) is 12.2. The van der Waals surface area contributed by atoms with E-state index < -0.39 is 24.5 Å². The Labute approximate surface area is 148 Å². The molecule has 25 heavy (non-hydrogen) atoms. The quantitative estimate of drug-likeness (QED) is 0.652. The van der Waals surface area contributed by atoms with E-state index in [4.69, 9.17) is 26.8 Å². The summed E-state index contributed by atoms with van der Waals surface area (Å²) in [5.41, 5.74) is 6.63. The van der Waals surface area contributed by atoms with Gasteiger partial charge in [0, 0.05) is 0 Å². The number of ether oxygens (including phenoxy) is 2. The molecule has 1 saturated heterocycles. The van der Waals surface area contributed by atoms with Crippen molar-refractivity contribution in [1.29, 1.82) is 0 Å². The molecule has 0 radical (unpaired) electrons. The van der Waals surface area contributed by atoms with Gasteiger partial charge in [-0.05, 0) is 19.3 Å². The summed E-state index contributed by atoms with van der Waals surface area (Å²) in [5.74, 6) is 0.242. The SMILES string of the molecule is Nc1ncnc2c1ncn2[C@@H]1O[C@H](COC2CCCC2Cl)[C@@H](O)[C@H]1O. The van der Waals surface area contributed by atoms with Crippen LogP contribution < -0.4 is 5.73 Å². The van der Waals surface area contributed by atoms with Crippen molar-refractivity contribution < 1.29 is 19.7 Å². The van der Waals surface area contributed by atoms with Gasteiger partial charge in [-0.1, -0.05) is 0 Å². The molecule has 4 N–H and O–H groups in total. The largest absolute Gasteiger partial charge is 0.387 e. The van der Waals surface area contributed by atoms with Crippen molar-refractivity contribution in [3.8, 4) is 0 Å². The van der Waals surface area contributed by atoms with Crippen LogP contribution in [0.3, 0.4) is 0 Å². The molecular formula is C15H20ClN5O4. The number of hydrogen-bond acceptors (Lipinski definition) is 8. The molecule has 136 valence electrons. The molecule has 1 aliphatic carbocycles. The molecule has 4 rings (SSSR count). The summed E-state index contributed by atoms with van der Waals surface area (Å²) in [7, 11) is 0. The van der Waals surface area contributed by atoms with E-state index in [9.17, 15) is 10.2 Å². The van der Waals surface area contributed by atoms with Crippen LogP contribution in [0.25, 0.3) is 11.2 Å². The number of imidazole rings is 1. The molecular weight excluding hydrogens is 350 g/mol. The van der Waals surface area contributed by atoms with E-state index in [1.54, 1.807) is 4.57 Å². The van der Waals surface area contributed by atoms with Crippen LogP contribution in [0.1, 0.15) is 25.5 Å². The van der Waals surface area contributed by atoms with E-state index >= 15 is 0 Å². The molecule has 1 aliphatic heterocycles. The topological polar surface area (TPSA) is 129 Å². The fourth-order valence-electron chi connectivity index (χ4n) is 3.44. The molecule has 0 spiro atoms. The standard InChI is InChI=1S/C15H20ClN5O4/c16-7-2-1-3-8(7)24-4-9-11(22)12(23)15(25-9)21-6-20-10-13(17)18-5-19-14(10)21/h5-9,11-12,15,22-23H,1-4H2,(H2,17,18,19)/t7?,8?,9-,11-,12-,15-/m1/s1. The second kappa shape index (κ2) is 6.65. The van der Waals surface area contributed by atoms with Gasteiger partial charge in [0.25, 0.3) is 0 Å². The van der Waals surface area contributed by atoms with Crippen molar-refractivity contribution in [3.63, 3.8) is 0 Å². The van der Waals surface area contributed by atoms with Gasteiger partial charge in [0.05, 0.1) is 24.4 Å². The lowest BCUT2D eigenvalue weighted by molar-refractivity contribution is -0.0791. The summed E-state index contributed by atoms with van der Waals surface area (Å²) >= 11 is 6.20.